The van der Waals surface area contributed by atoms with Gasteiger partial charge in [0.15, 0.2) is 0 Å². The zero-order valence-corrected chi connectivity index (χ0v) is 10.0. The van der Waals surface area contributed by atoms with Gasteiger partial charge in [-0.1, -0.05) is 30.3 Å². The predicted octanol–water partition coefficient (Wildman–Crippen LogP) is 1.43. The molecule has 0 aliphatic carbocycles. The normalized spacial score (nSPS) is 9.89. The molecule has 0 radical (unpaired) electrons. The quantitative estimate of drug-likeness (QED) is 0.616. The zero-order valence-electron chi connectivity index (χ0n) is 10.0. The molecule has 0 unspecified atom stereocenters. The van der Waals surface area contributed by atoms with Crippen LogP contribution in [-0.2, 0) is 4.76 Å². The first kappa shape index (κ1) is 12.5. The molecule has 0 heterocycles. The molecule has 4 nitrogen and oxygen atoms in total. The molecule has 2 aromatic rings. The van der Waals surface area contributed by atoms with Crippen molar-refractivity contribution in [2.75, 3.05) is 12.6 Å². The Labute approximate surface area is 106 Å². The molecular weight excluding hydrogens is 229 g/mol. The van der Waals surface area contributed by atoms with Gasteiger partial charge in [-0.15, -0.1) is 0 Å². The molecular formula is C13H14BNO3. The molecule has 0 aliphatic heterocycles. The number of hydrogen-bond donors (Lipinski definition) is 2. The van der Waals surface area contributed by atoms with Crippen LogP contribution in [-0.4, -0.2) is 19.3 Å². The van der Waals surface area contributed by atoms with Crippen molar-refractivity contribution in [3.8, 4) is 5.75 Å². The highest BCUT2D eigenvalue weighted by atomic mass is 16.7. The van der Waals surface area contributed by atoms with E-state index >= 15 is 0 Å². The SMILES string of the molecule is COc1ccc(B(O)ONc2ccccc2)cc1. The first-order chi connectivity index (χ1) is 8.79. The summed E-state index contributed by atoms with van der Waals surface area (Å²) in [4.78, 5) is 0. The Morgan fingerprint density at radius 1 is 1.00 bits per heavy atom. The maximum atomic E-state index is 9.82. The fraction of sp³-hybridized carbons (Fsp3) is 0.0769. The summed E-state index contributed by atoms with van der Waals surface area (Å²) >= 11 is 0. The van der Waals surface area contributed by atoms with Gasteiger partial charge in [0.1, 0.15) is 5.75 Å². The molecule has 0 aromatic heterocycles. The smallest absolute Gasteiger partial charge is 0.497 e. The van der Waals surface area contributed by atoms with Crippen LogP contribution in [0, 0.1) is 0 Å². The van der Waals surface area contributed by atoms with Crippen molar-refractivity contribution in [1.82, 2.24) is 0 Å². The number of rotatable bonds is 5. The zero-order chi connectivity index (χ0) is 12.8. The van der Waals surface area contributed by atoms with Gasteiger partial charge in [-0.05, 0) is 29.7 Å². The van der Waals surface area contributed by atoms with Crippen molar-refractivity contribution in [3.05, 3.63) is 54.6 Å². The van der Waals surface area contributed by atoms with Gasteiger partial charge < -0.3 is 9.76 Å². The molecule has 0 atom stereocenters. The van der Waals surface area contributed by atoms with Gasteiger partial charge in [-0.2, -0.15) is 0 Å². The van der Waals surface area contributed by atoms with E-state index in [1.807, 2.05) is 30.3 Å². The molecule has 92 valence electrons. The average molecular weight is 243 g/mol. The van der Waals surface area contributed by atoms with E-state index < -0.39 is 7.12 Å². The minimum Gasteiger partial charge on any atom is -0.497 e. The molecule has 2 rings (SSSR count). The summed E-state index contributed by atoms with van der Waals surface area (Å²) in [5.74, 6) is 0.738. The van der Waals surface area contributed by atoms with Crippen molar-refractivity contribution >= 4 is 18.3 Å². The van der Waals surface area contributed by atoms with E-state index in [4.69, 9.17) is 9.49 Å². The maximum Gasteiger partial charge on any atom is 0.514 e. The van der Waals surface area contributed by atoms with Crippen LogP contribution in [0.15, 0.2) is 54.6 Å². The summed E-state index contributed by atoms with van der Waals surface area (Å²) in [6.07, 6.45) is 0. The lowest BCUT2D eigenvalue weighted by atomic mass is 9.80. The van der Waals surface area contributed by atoms with Crippen molar-refractivity contribution in [2.45, 2.75) is 0 Å². The third-order valence-electron chi connectivity index (χ3n) is 2.46. The molecule has 0 aliphatic rings. The highest BCUT2D eigenvalue weighted by Crippen LogP contribution is 2.07. The largest absolute Gasteiger partial charge is 0.514 e. The number of para-hydroxylation sites is 1. The Hall–Kier alpha value is -1.98. The van der Waals surface area contributed by atoms with Crippen LogP contribution >= 0.6 is 0 Å². The predicted molar refractivity (Wildman–Crippen MR) is 71.8 cm³/mol. The highest BCUT2D eigenvalue weighted by Gasteiger charge is 2.16. The van der Waals surface area contributed by atoms with E-state index in [1.54, 1.807) is 31.4 Å². The topological polar surface area (TPSA) is 50.7 Å². The third kappa shape index (κ3) is 3.26. The first-order valence-corrected chi connectivity index (χ1v) is 5.58. The molecule has 0 bridgehead atoms. The molecule has 0 saturated carbocycles. The van der Waals surface area contributed by atoms with Gasteiger partial charge in [-0.3, -0.25) is 10.2 Å². The Kier molecular flexibility index (Phi) is 4.22. The highest BCUT2D eigenvalue weighted by molar-refractivity contribution is 6.60. The van der Waals surface area contributed by atoms with Crippen LogP contribution in [0.1, 0.15) is 0 Å². The van der Waals surface area contributed by atoms with E-state index in [-0.39, 0.29) is 0 Å². The van der Waals surface area contributed by atoms with E-state index in [0.29, 0.717) is 5.46 Å². The summed E-state index contributed by atoms with van der Waals surface area (Å²) in [5.41, 5.74) is 4.12. The van der Waals surface area contributed by atoms with Gasteiger partial charge in [-0.25, -0.2) is 0 Å². The van der Waals surface area contributed by atoms with E-state index in [0.717, 1.165) is 11.4 Å². The van der Waals surface area contributed by atoms with E-state index in [9.17, 15) is 5.02 Å². The van der Waals surface area contributed by atoms with Crippen LogP contribution in [0.2, 0.25) is 0 Å². The number of ether oxygens (including phenoxy) is 1. The van der Waals surface area contributed by atoms with Gasteiger partial charge in [0.25, 0.3) is 0 Å². The number of hydrogen-bond acceptors (Lipinski definition) is 4. The van der Waals surface area contributed by atoms with Gasteiger partial charge in [0.05, 0.1) is 12.8 Å². The lowest BCUT2D eigenvalue weighted by molar-refractivity contribution is 0.335. The summed E-state index contributed by atoms with van der Waals surface area (Å²) in [6, 6.07) is 16.4. The lowest BCUT2D eigenvalue weighted by Crippen LogP contribution is -2.35. The number of nitrogens with one attached hydrogen (secondary N) is 1. The Morgan fingerprint density at radius 3 is 2.28 bits per heavy atom. The third-order valence-corrected chi connectivity index (χ3v) is 2.46. The molecule has 18 heavy (non-hydrogen) atoms. The fourth-order valence-electron chi connectivity index (χ4n) is 1.47. The number of benzene rings is 2. The average Bonchev–Trinajstić information content (AvgIpc) is 2.46. The molecule has 0 amide bonds. The van der Waals surface area contributed by atoms with Crippen molar-refractivity contribution < 1.29 is 14.5 Å². The van der Waals surface area contributed by atoms with Crippen molar-refractivity contribution in [3.63, 3.8) is 0 Å². The number of methoxy groups -OCH3 is 1. The minimum atomic E-state index is -1.03. The Bertz CT molecular complexity index is 475. The second-order valence-corrected chi connectivity index (χ2v) is 3.71. The molecule has 2 N–H and O–H groups in total. The standard InChI is InChI=1S/C13H14BNO3/c1-17-13-9-7-11(8-10-13)14(16)18-15-12-5-3-2-4-6-12/h2-10,15-16H,1H3. The molecule has 5 heteroatoms. The fourth-order valence-corrected chi connectivity index (χ4v) is 1.47. The summed E-state index contributed by atoms with van der Waals surface area (Å²) < 4.78 is 10.2. The first-order valence-electron chi connectivity index (χ1n) is 5.58. The maximum absolute atomic E-state index is 9.82. The monoisotopic (exact) mass is 243 g/mol. The van der Waals surface area contributed by atoms with Crippen molar-refractivity contribution in [2.24, 2.45) is 0 Å². The summed E-state index contributed by atoms with van der Waals surface area (Å²) in [5, 5.41) is 9.82. The summed E-state index contributed by atoms with van der Waals surface area (Å²) in [6.45, 7) is 0. The molecule has 2 aromatic carbocycles. The Morgan fingerprint density at radius 2 is 1.67 bits per heavy atom. The van der Waals surface area contributed by atoms with Crippen LogP contribution in [0.4, 0.5) is 5.69 Å². The van der Waals surface area contributed by atoms with Gasteiger partial charge >= 0.3 is 7.12 Å². The lowest BCUT2D eigenvalue weighted by Gasteiger charge is -2.10. The second kappa shape index (κ2) is 6.09. The van der Waals surface area contributed by atoms with Crippen LogP contribution < -0.4 is 15.7 Å². The van der Waals surface area contributed by atoms with Crippen molar-refractivity contribution in [1.29, 1.82) is 0 Å². The van der Waals surface area contributed by atoms with Crippen LogP contribution in [0.5, 0.6) is 5.75 Å². The van der Waals surface area contributed by atoms with Gasteiger partial charge in [0.2, 0.25) is 0 Å². The van der Waals surface area contributed by atoms with E-state index in [1.165, 1.54) is 0 Å². The van der Waals surface area contributed by atoms with E-state index in [2.05, 4.69) is 5.48 Å². The molecule has 0 fully saturated rings. The van der Waals surface area contributed by atoms with Gasteiger partial charge in [0, 0.05) is 0 Å². The summed E-state index contributed by atoms with van der Waals surface area (Å²) in [7, 11) is 0.565. The van der Waals surface area contributed by atoms with Crippen LogP contribution in [0.25, 0.3) is 0 Å². The second-order valence-electron chi connectivity index (χ2n) is 3.71. The number of anilines is 1. The minimum absolute atomic E-state index is 0.652. The molecule has 0 saturated heterocycles. The van der Waals surface area contributed by atoms with Crippen LogP contribution in [0.3, 0.4) is 0 Å². The molecule has 0 spiro atoms. The Balaban J connectivity index is 1.93.